The lowest BCUT2D eigenvalue weighted by Crippen LogP contribution is -2.68. The second kappa shape index (κ2) is 4.85. The van der Waals surface area contributed by atoms with Crippen LogP contribution in [0.5, 0.6) is 0 Å². The third kappa shape index (κ3) is 4.54. The van der Waals surface area contributed by atoms with Crippen LogP contribution in [0.4, 0.5) is 0 Å². The van der Waals surface area contributed by atoms with Crippen molar-refractivity contribution >= 4 is 5.78 Å². The fraction of sp³-hybridized carbons (Fsp3) is 0.429. The van der Waals surface area contributed by atoms with Crippen molar-refractivity contribution in [3.05, 3.63) is 17.5 Å². The average Bonchev–Trinajstić information content (AvgIpc) is 2.42. The summed E-state index contributed by atoms with van der Waals surface area (Å²) < 4.78 is 35.7. The van der Waals surface area contributed by atoms with Crippen molar-refractivity contribution in [1.29, 1.82) is 0 Å². The molecule has 0 bridgehead atoms. The number of halogens is 1. The van der Waals surface area contributed by atoms with E-state index >= 15 is 0 Å². The second-order valence-electron chi connectivity index (χ2n) is 3.21. The molecule has 9 nitrogen and oxygen atoms in total. The van der Waals surface area contributed by atoms with Crippen LogP contribution >= 0.6 is 0 Å². The van der Waals surface area contributed by atoms with Crippen LogP contribution < -0.4 is 23.2 Å². The summed E-state index contributed by atoms with van der Waals surface area (Å²) in [6.07, 6.45) is 0. The third-order valence-corrected chi connectivity index (χ3v) is 1.67. The van der Waals surface area contributed by atoms with Crippen molar-refractivity contribution in [1.82, 2.24) is 20.1 Å². The minimum atomic E-state index is -4.94. The van der Waals surface area contributed by atoms with Gasteiger partial charge in [0.05, 0.1) is 10.8 Å². The van der Waals surface area contributed by atoms with Crippen LogP contribution in [0.2, 0.25) is 0 Å². The Morgan fingerprint density at radius 3 is 2.29 bits per heavy atom. The number of aryl methyl sites for hydroxylation is 3. The molecule has 2 rings (SSSR count). The Bertz CT molecular complexity index is 517. The summed E-state index contributed by atoms with van der Waals surface area (Å²) in [5.41, 5.74) is 2.01. The number of nitrogens with zero attached hydrogens (tertiary/aromatic N) is 5. The Labute approximate surface area is 98.3 Å². The molecule has 0 aliphatic carbocycles. The van der Waals surface area contributed by atoms with Crippen molar-refractivity contribution in [3.8, 4) is 0 Å². The van der Waals surface area contributed by atoms with Crippen molar-refractivity contribution < 1.29 is 33.4 Å². The molecule has 17 heavy (non-hydrogen) atoms. The number of tetrazole rings is 1. The molecule has 0 aliphatic heterocycles. The van der Waals surface area contributed by atoms with E-state index in [4.69, 9.17) is 18.6 Å². The molecule has 2 aromatic heterocycles. The van der Waals surface area contributed by atoms with Crippen molar-refractivity contribution in [2.45, 2.75) is 13.8 Å². The molecule has 0 N–H and O–H groups in total. The number of hydrogen-bond acceptors (Lipinski definition) is 7. The first-order valence-corrected chi connectivity index (χ1v) is 5.59. The van der Waals surface area contributed by atoms with Crippen LogP contribution in [0.3, 0.4) is 0 Å². The van der Waals surface area contributed by atoms with Gasteiger partial charge in [0.15, 0.2) is 0 Å². The second-order valence-corrected chi connectivity index (χ2v) is 3.96. The third-order valence-electron chi connectivity index (χ3n) is 1.67. The molecule has 0 fully saturated rings. The molecule has 0 amide bonds. The summed E-state index contributed by atoms with van der Waals surface area (Å²) in [7, 11) is -3.16. The normalized spacial score (nSPS) is 11.2. The maximum atomic E-state index is 8.49. The van der Waals surface area contributed by atoms with Gasteiger partial charge in [0.1, 0.15) is 12.7 Å². The average molecular weight is 264 g/mol. The van der Waals surface area contributed by atoms with Crippen LogP contribution in [-0.4, -0.2) is 20.1 Å². The summed E-state index contributed by atoms with van der Waals surface area (Å²) in [6.45, 7) is 3.93. The molecule has 0 atom stereocenters. The van der Waals surface area contributed by atoms with E-state index in [0.29, 0.717) is 5.78 Å². The van der Waals surface area contributed by atoms with Gasteiger partial charge in [-0.25, -0.2) is 18.6 Å². The molecule has 2 aromatic rings. The Hall–Kier alpha value is -1.39. The molecular formula is C7H10ClN5O4. The number of hydrogen-bond donors (Lipinski definition) is 0. The summed E-state index contributed by atoms with van der Waals surface area (Å²) in [6, 6.07) is 1.97. The first-order valence-electron chi connectivity index (χ1n) is 4.36. The SMILES string of the molecule is Cc1cc(C)[n+]2nn(C)nc2n1.[O-][Cl+3]([O-])([O-])[O-]. The van der Waals surface area contributed by atoms with Gasteiger partial charge < -0.3 is 0 Å². The molecule has 0 saturated carbocycles. The van der Waals surface area contributed by atoms with Crippen LogP contribution in [0.25, 0.3) is 5.78 Å². The Kier molecular flexibility index (Phi) is 3.91. The van der Waals surface area contributed by atoms with Gasteiger partial charge >= 0.3 is 5.78 Å². The molecule has 0 aromatic carbocycles. The zero-order valence-electron chi connectivity index (χ0n) is 9.32. The number of fused-ring (bicyclic) bond motifs is 1. The highest BCUT2D eigenvalue weighted by molar-refractivity contribution is 5.16. The lowest BCUT2D eigenvalue weighted by Gasteiger charge is -2.17. The van der Waals surface area contributed by atoms with Gasteiger partial charge in [-0.3, -0.25) is 0 Å². The summed E-state index contributed by atoms with van der Waals surface area (Å²) in [5, 5.41) is 8.21. The smallest absolute Gasteiger partial charge is 0.222 e. The van der Waals surface area contributed by atoms with Crippen molar-refractivity contribution in [3.63, 3.8) is 0 Å². The first kappa shape index (κ1) is 13.7. The van der Waals surface area contributed by atoms with Gasteiger partial charge in [0.25, 0.3) is 0 Å². The molecule has 94 valence electrons. The fourth-order valence-electron chi connectivity index (χ4n) is 1.21. The number of rotatable bonds is 0. The fourth-order valence-corrected chi connectivity index (χ4v) is 1.21. The zero-order valence-corrected chi connectivity index (χ0v) is 10.1. The van der Waals surface area contributed by atoms with Gasteiger partial charge in [-0.05, 0) is 13.8 Å². The Morgan fingerprint density at radius 1 is 1.24 bits per heavy atom. The van der Waals surface area contributed by atoms with E-state index in [1.165, 1.54) is 4.80 Å². The van der Waals surface area contributed by atoms with E-state index in [-0.39, 0.29) is 0 Å². The minimum Gasteiger partial charge on any atom is -0.222 e. The summed E-state index contributed by atoms with van der Waals surface area (Å²) in [5.74, 6) is 0.648. The predicted octanol–water partition coefficient (Wildman–Crippen LogP) is -5.19. The van der Waals surface area contributed by atoms with Crippen molar-refractivity contribution in [2.24, 2.45) is 7.05 Å². The highest BCUT2D eigenvalue weighted by Gasteiger charge is 2.12. The highest BCUT2D eigenvalue weighted by atomic mass is 35.7. The monoisotopic (exact) mass is 263 g/mol. The molecular weight excluding hydrogens is 254 g/mol. The van der Waals surface area contributed by atoms with Gasteiger partial charge in [-0.15, -0.1) is 15.2 Å². The van der Waals surface area contributed by atoms with Crippen LogP contribution in [0.15, 0.2) is 6.07 Å². The standard InChI is InChI=1S/C7H10N5.ClHO4/c1-5-4-6(2)12-7(8-5)9-11(3)10-12;2-1(3,4)5/h4H,1-3H3;(H,2,3,4,5)/q+1;/p-1. The topological polar surface area (TPSA) is 140 Å². The molecule has 0 radical (unpaired) electrons. The predicted molar refractivity (Wildman–Crippen MR) is 41.4 cm³/mol. The lowest BCUT2D eigenvalue weighted by molar-refractivity contribution is -2.00. The number of aromatic nitrogens is 5. The summed E-state index contributed by atoms with van der Waals surface area (Å²) >= 11 is 0. The highest BCUT2D eigenvalue weighted by Crippen LogP contribution is 1.94. The molecule has 0 spiro atoms. The van der Waals surface area contributed by atoms with E-state index < -0.39 is 10.2 Å². The Morgan fingerprint density at radius 2 is 1.76 bits per heavy atom. The van der Waals surface area contributed by atoms with E-state index in [2.05, 4.69) is 15.3 Å². The van der Waals surface area contributed by atoms with Gasteiger partial charge in [-0.2, -0.15) is 0 Å². The maximum Gasteiger partial charge on any atom is 0.439 e. The van der Waals surface area contributed by atoms with E-state index in [1.807, 2.05) is 19.9 Å². The molecule has 0 unspecified atom stereocenters. The largest absolute Gasteiger partial charge is 0.439 e. The molecule has 0 aliphatic rings. The lowest BCUT2D eigenvalue weighted by atomic mass is 10.4. The molecule has 2 heterocycles. The minimum absolute atomic E-state index is 0.648. The van der Waals surface area contributed by atoms with Gasteiger partial charge in [0, 0.05) is 11.3 Å². The van der Waals surface area contributed by atoms with Crippen molar-refractivity contribution in [2.75, 3.05) is 0 Å². The van der Waals surface area contributed by atoms with E-state index in [1.54, 1.807) is 11.6 Å². The quantitative estimate of drug-likeness (QED) is 0.433. The van der Waals surface area contributed by atoms with Crippen LogP contribution in [-0.2, 0) is 7.05 Å². The maximum absolute atomic E-state index is 8.49. The zero-order chi connectivity index (χ0) is 13.2. The Balaban J connectivity index is 0.000000249. The molecule has 0 saturated heterocycles. The van der Waals surface area contributed by atoms with E-state index in [0.717, 1.165) is 11.4 Å². The van der Waals surface area contributed by atoms with Gasteiger partial charge in [0.2, 0.25) is 0 Å². The first-order chi connectivity index (χ1) is 7.66. The van der Waals surface area contributed by atoms with Gasteiger partial charge in [-0.1, -0.05) is 9.31 Å². The summed E-state index contributed by atoms with van der Waals surface area (Å²) in [4.78, 5) is 5.73. The van der Waals surface area contributed by atoms with E-state index in [9.17, 15) is 0 Å². The van der Waals surface area contributed by atoms with Crippen LogP contribution in [0.1, 0.15) is 11.4 Å². The molecule has 10 heteroatoms. The van der Waals surface area contributed by atoms with Crippen LogP contribution in [0, 0.1) is 24.1 Å².